The van der Waals surface area contributed by atoms with Gasteiger partial charge in [-0.2, -0.15) is 0 Å². The molecule has 0 spiro atoms. The van der Waals surface area contributed by atoms with Gasteiger partial charge in [0.1, 0.15) is 5.60 Å². The molecule has 18 heavy (non-hydrogen) atoms. The lowest BCUT2D eigenvalue weighted by molar-refractivity contribution is 0.0636. The maximum absolute atomic E-state index is 11.7. The lowest BCUT2D eigenvalue weighted by Gasteiger charge is -2.20. The number of carbonyl (C=O) groups excluding carboxylic acids is 1. The zero-order chi connectivity index (χ0) is 13.8. The fourth-order valence-electron chi connectivity index (χ4n) is 1.41. The SMILES string of the molecule is [C-]#[N+]Cc1ccc(C)c(NC(=O)OC(C)(C)C)c1. The van der Waals surface area contributed by atoms with Crippen molar-refractivity contribution in [2.45, 2.75) is 39.8 Å². The Morgan fingerprint density at radius 2 is 2.11 bits per heavy atom. The second kappa shape index (κ2) is 5.54. The van der Waals surface area contributed by atoms with E-state index >= 15 is 0 Å². The summed E-state index contributed by atoms with van der Waals surface area (Å²) in [6.45, 7) is 14.5. The molecule has 0 bridgehead atoms. The Balaban J connectivity index is 2.81. The number of carbonyl (C=O) groups is 1. The summed E-state index contributed by atoms with van der Waals surface area (Å²) in [4.78, 5) is 15.0. The topological polar surface area (TPSA) is 42.7 Å². The molecule has 0 fully saturated rings. The molecule has 1 amide bonds. The summed E-state index contributed by atoms with van der Waals surface area (Å²) in [7, 11) is 0. The van der Waals surface area contributed by atoms with E-state index in [1.54, 1.807) is 6.07 Å². The van der Waals surface area contributed by atoms with E-state index in [0.717, 1.165) is 11.1 Å². The van der Waals surface area contributed by atoms with Crippen LogP contribution in [-0.4, -0.2) is 11.7 Å². The van der Waals surface area contributed by atoms with Crippen LogP contribution in [0, 0.1) is 13.5 Å². The average Bonchev–Trinajstić information content (AvgIpc) is 2.20. The van der Waals surface area contributed by atoms with Crippen LogP contribution >= 0.6 is 0 Å². The third-order valence-electron chi connectivity index (χ3n) is 2.20. The Morgan fingerprint density at radius 3 is 2.67 bits per heavy atom. The van der Waals surface area contributed by atoms with E-state index in [-0.39, 0.29) is 0 Å². The molecule has 1 aromatic rings. The van der Waals surface area contributed by atoms with Crippen LogP contribution in [0.1, 0.15) is 31.9 Å². The number of ether oxygens (including phenoxy) is 1. The number of nitrogens with one attached hydrogen (secondary N) is 1. The summed E-state index contributed by atoms with van der Waals surface area (Å²) in [5.41, 5.74) is 1.98. The van der Waals surface area contributed by atoms with Gasteiger partial charge in [0.15, 0.2) is 0 Å². The highest BCUT2D eigenvalue weighted by Crippen LogP contribution is 2.19. The largest absolute Gasteiger partial charge is 0.444 e. The van der Waals surface area contributed by atoms with E-state index in [1.165, 1.54) is 0 Å². The number of hydrogen-bond donors (Lipinski definition) is 1. The molecule has 0 heterocycles. The molecule has 0 saturated heterocycles. The Kier molecular flexibility index (Phi) is 4.33. The summed E-state index contributed by atoms with van der Waals surface area (Å²) in [6, 6.07) is 5.57. The first-order chi connectivity index (χ1) is 8.31. The first-order valence-corrected chi connectivity index (χ1v) is 5.74. The second-order valence-electron chi connectivity index (χ2n) is 5.09. The Bertz CT molecular complexity index is 482. The molecule has 4 nitrogen and oxygen atoms in total. The van der Waals surface area contributed by atoms with Gasteiger partial charge in [0.05, 0.1) is 0 Å². The molecule has 0 aliphatic carbocycles. The van der Waals surface area contributed by atoms with E-state index in [1.807, 2.05) is 39.8 Å². The molecule has 1 aromatic carbocycles. The van der Waals surface area contributed by atoms with E-state index in [2.05, 4.69) is 10.2 Å². The summed E-state index contributed by atoms with van der Waals surface area (Å²) in [5, 5.41) is 2.70. The molecule has 1 rings (SSSR count). The van der Waals surface area contributed by atoms with Crippen molar-refractivity contribution >= 4 is 11.8 Å². The number of anilines is 1. The minimum Gasteiger partial charge on any atom is -0.444 e. The van der Waals surface area contributed by atoms with Crippen LogP contribution in [0.3, 0.4) is 0 Å². The van der Waals surface area contributed by atoms with Gasteiger partial charge in [0.25, 0.3) is 0 Å². The molecular formula is C14H18N2O2. The van der Waals surface area contributed by atoms with Crippen molar-refractivity contribution in [1.82, 2.24) is 0 Å². The summed E-state index contributed by atoms with van der Waals surface area (Å²) in [6.07, 6.45) is -0.481. The second-order valence-corrected chi connectivity index (χ2v) is 5.09. The number of amides is 1. The fraction of sp³-hybridized carbons (Fsp3) is 0.429. The van der Waals surface area contributed by atoms with Crippen LogP contribution in [0.25, 0.3) is 4.85 Å². The van der Waals surface area contributed by atoms with Gasteiger partial charge >= 0.3 is 6.09 Å². The molecule has 0 aliphatic heterocycles. The molecule has 0 aliphatic rings. The zero-order valence-electron chi connectivity index (χ0n) is 11.2. The quantitative estimate of drug-likeness (QED) is 0.807. The molecule has 1 N–H and O–H groups in total. The molecule has 0 atom stereocenters. The first-order valence-electron chi connectivity index (χ1n) is 5.74. The van der Waals surface area contributed by atoms with Crippen molar-refractivity contribution in [3.05, 3.63) is 40.7 Å². The van der Waals surface area contributed by atoms with E-state index in [4.69, 9.17) is 11.3 Å². The van der Waals surface area contributed by atoms with Crippen molar-refractivity contribution in [3.63, 3.8) is 0 Å². The highest BCUT2D eigenvalue weighted by Gasteiger charge is 2.16. The van der Waals surface area contributed by atoms with E-state index < -0.39 is 11.7 Å². The van der Waals surface area contributed by atoms with Crippen LogP contribution in [0.5, 0.6) is 0 Å². The van der Waals surface area contributed by atoms with Gasteiger partial charge in [-0.3, -0.25) is 5.32 Å². The number of nitrogens with zero attached hydrogens (tertiary/aromatic N) is 1. The third-order valence-corrected chi connectivity index (χ3v) is 2.20. The van der Waals surface area contributed by atoms with E-state index in [9.17, 15) is 4.79 Å². The predicted octanol–water partition coefficient (Wildman–Crippen LogP) is 3.76. The monoisotopic (exact) mass is 246 g/mol. The van der Waals surface area contributed by atoms with Crippen molar-refractivity contribution in [2.24, 2.45) is 0 Å². The van der Waals surface area contributed by atoms with Crippen molar-refractivity contribution < 1.29 is 9.53 Å². The van der Waals surface area contributed by atoms with Crippen molar-refractivity contribution in [2.75, 3.05) is 5.32 Å². The standard InChI is InChI=1S/C14H18N2O2/c1-10-6-7-11(9-15-5)8-12(10)16-13(17)18-14(2,3)4/h6-8H,9H2,1-4H3,(H,16,17). The van der Waals surface area contributed by atoms with Gasteiger partial charge in [-0.15, -0.1) is 0 Å². The Labute approximate surface area is 108 Å². The first kappa shape index (κ1) is 14.0. The molecule has 0 saturated carbocycles. The van der Waals surface area contributed by atoms with Crippen LogP contribution in [0.4, 0.5) is 10.5 Å². The number of benzene rings is 1. The highest BCUT2D eigenvalue weighted by atomic mass is 16.6. The molecule has 96 valence electrons. The summed E-state index contributed by atoms with van der Waals surface area (Å²) >= 11 is 0. The lowest BCUT2D eigenvalue weighted by Crippen LogP contribution is -2.27. The summed E-state index contributed by atoms with van der Waals surface area (Å²) < 4.78 is 5.19. The highest BCUT2D eigenvalue weighted by molar-refractivity contribution is 5.86. The van der Waals surface area contributed by atoms with Crippen LogP contribution in [0.2, 0.25) is 0 Å². The maximum Gasteiger partial charge on any atom is 0.412 e. The minimum absolute atomic E-state index is 0.309. The van der Waals surface area contributed by atoms with Crippen molar-refractivity contribution in [1.29, 1.82) is 0 Å². The molecule has 0 aromatic heterocycles. The molecule has 0 radical (unpaired) electrons. The van der Waals surface area contributed by atoms with Gasteiger partial charge in [-0.25, -0.2) is 11.4 Å². The van der Waals surface area contributed by atoms with E-state index in [0.29, 0.717) is 12.2 Å². The predicted molar refractivity (Wildman–Crippen MR) is 71.3 cm³/mol. The van der Waals surface area contributed by atoms with Gasteiger partial charge in [-0.05, 0) is 39.3 Å². The van der Waals surface area contributed by atoms with Gasteiger partial charge in [0.2, 0.25) is 6.54 Å². The van der Waals surface area contributed by atoms with Gasteiger partial charge in [0, 0.05) is 11.3 Å². The van der Waals surface area contributed by atoms with Crippen LogP contribution in [0.15, 0.2) is 18.2 Å². The van der Waals surface area contributed by atoms with Crippen molar-refractivity contribution in [3.8, 4) is 0 Å². The fourth-order valence-corrected chi connectivity index (χ4v) is 1.41. The zero-order valence-corrected chi connectivity index (χ0v) is 11.2. The summed E-state index contributed by atoms with van der Waals surface area (Å²) in [5.74, 6) is 0. The molecular weight excluding hydrogens is 228 g/mol. The minimum atomic E-state index is -0.522. The third kappa shape index (κ3) is 4.46. The van der Waals surface area contributed by atoms with Crippen LogP contribution < -0.4 is 5.32 Å². The lowest BCUT2D eigenvalue weighted by atomic mass is 10.1. The number of aryl methyl sites for hydroxylation is 1. The smallest absolute Gasteiger partial charge is 0.412 e. The van der Waals surface area contributed by atoms with Gasteiger partial charge in [-0.1, -0.05) is 12.1 Å². The Morgan fingerprint density at radius 1 is 1.44 bits per heavy atom. The normalized spacial score (nSPS) is 10.6. The van der Waals surface area contributed by atoms with Gasteiger partial charge < -0.3 is 9.58 Å². The van der Waals surface area contributed by atoms with Crippen LogP contribution in [-0.2, 0) is 11.3 Å². The molecule has 0 unspecified atom stereocenters. The Hall–Kier alpha value is -2.02. The number of rotatable bonds is 2. The maximum atomic E-state index is 11.7. The molecule has 4 heteroatoms. The number of hydrogen-bond acceptors (Lipinski definition) is 2. The average molecular weight is 246 g/mol.